The summed E-state index contributed by atoms with van der Waals surface area (Å²) in [6, 6.07) is 14.1. The van der Waals surface area contributed by atoms with E-state index in [1.807, 2.05) is 41.3 Å². The molecule has 0 aliphatic carbocycles. The number of ether oxygens (including phenoxy) is 2. The van der Waals surface area contributed by atoms with Gasteiger partial charge in [-0.2, -0.15) is 0 Å². The third-order valence-corrected chi connectivity index (χ3v) is 4.92. The summed E-state index contributed by atoms with van der Waals surface area (Å²) in [6.07, 6.45) is 2.16. The second kappa shape index (κ2) is 9.26. The maximum atomic E-state index is 13.0. The molecule has 1 heterocycles. The van der Waals surface area contributed by atoms with E-state index in [1.165, 1.54) is 0 Å². The van der Waals surface area contributed by atoms with Crippen LogP contribution in [0.5, 0.6) is 11.5 Å². The van der Waals surface area contributed by atoms with Gasteiger partial charge in [-0.25, -0.2) is 0 Å². The molecule has 2 aromatic rings. The lowest BCUT2D eigenvalue weighted by Gasteiger charge is -2.24. The van der Waals surface area contributed by atoms with Crippen LogP contribution < -0.4 is 14.8 Å². The molecular formula is C22H26N2O4. The largest absolute Gasteiger partial charge is 0.493 e. The van der Waals surface area contributed by atoms with E-state index in [-0.39, 0.29) is 18.2 Å². The van der Waals surface area contributed by atoms with E-state index in [0.717, 1.165) is 37.1 Å². The first-order valence-corrected chi connectivity index (χ1v) is 9.46. The molecule has 0 spiro atoms. The molecule has 1 fully saturated rings. The molecule has 1 atom stereocenters. The van der Waals surface area contributed by atoms with Crippen LogP contribution in [-0.2, 0) is 16.0 Å². The van der Waals surface area contributed by atoms with Gasteiger partial charge < -0.3 is 19.7 Å². The summed E-state index contributed by atoms with van der Waals surface area (Å²) in [6.45, 7) is 1.49. The lowest BCUT2D eigenvalue weighted by Crippen LogP contribution is -2.42. The lowest BCUT2D eigenvalue weighted by atomic mass is 10.0. The molecule has 0 unspecified atom stereocenters. The number of carbonyl (C=O) groups is 2. The fourth-order valence-electron chi connectivity index (χ4n) is 3.44. The molecule has 1 saturated heterocycles. The number of nitrogens with one attached hydrogen (secondary N) is 1. The molecule has 2 aromatic carbocycles. The van der Waals surface area contributed by atoms with Gasteiger partial charge in [-0.15, -0.1) is 0 Å². The second-order valence-corrected chi connectivity index (χ2v) is 6.81. The van der Waals surface area contributed by atoms with Crippen LogP contribution in [0.15, 0.2) is 48.5 Å². The first kappa shape index (κ1) is 19.7. The predicted octanol–water partition coefficient (Wildman–Crippen LogP) is 2.73. The van der Waals surface area contributed by atoms with Crippen LogP contribution >= 0.6 is 0 Å². The number of carbonyl (C=O) groups excluding carboxylic acids is 2. The molecule has 6 heteroatoms. The summed E-state index contributed by atoms with van der Waals surface area (Å²) in [5.41, 5.74) is 1.58. The van der Waals surface area contributed by atoms with Crippen molar-refractivity contribution in [1.82, 2.24) is 10.2 Å². The Morgan fingerprint density at radius 1 is 1.00 bits per heavy atom. The van der Waals surface area contributed by atoms with E-state index < -0.39 is 6.04 Å². The molecule has 1 aliphatic rings. The molecule has 28 heavy (non-hydrogen) atoms. The van der Waals surface area contributed by atoms with Gasteiger partial charge in [-0.1, -0.05) is 36.4 Å². The summed E-state index contributed by atoms with van der Waals surface area (Å²) in [7, 11) is 3.13. The zero-order valence-electron chi connectivity index (χ0n) is 16.3. The number of methoxy groups -OCH3 is 2. The van der Waals surface area contributed by atoms with E-state index in [0.29, 0.717) is 11.5 Å². The number of likely N-dealkylation sites (tertiary alicyclic amines) is 1. The Morgan fingerprint density at radius 2 is 1.68 bits per heavy atom. The standard InChI is InChI=1S/C22H26N2O4/c1-27-18-11-10-16(14-19(18)28-2)15-20(25)23-21(17-8-4-3-5-9-17)22(26)24-12-6-7-13-24/h3-5,8-11,14,21H,6-7,12-13,15H2,1-2H3,(H,23,25)/t21-/m0/s1. The van der Waals surface area contributed by atoms with Gasteiger partial charge in [0, 0.05) is 13.1 Å². The number of benzene rings is 2. The van der Waals surface area contributed by atoms with Gasteiger partial charge >= 0.3 is 0 Å². The average molecular weight is 382 g/mol. The van der Waals surface area contributed by atoms with Crippen molar-refractivity contribution in [3.05, 3.63) is 59.7 Å². The molecule has 6 nitrogen and oxygen atoms in total. The number of hydrogen-bond donors (Lipinski definition) is 1. The highest BCUT2D eigenvalue weighted by molar-refractivity contribution is 5.89. The molecule has 2 amide bonds. The minimum absolute atomic E-state index is 0.0515. The summed E-state index contributed by atoms with van der Waals surface area (Å²) < 4.78 is 10.5. The molecule has 1 aliphatic heterocycles. The minimum Gasteiger partial charge on any atom is -0.493 e. The molecule has 0 radical (unpaired) electrons. The van der Waals surface area contributed by atoms with Gasteiger partial charge in [0.2, 0.25) is 11.8 Å². The molecular weight excluding hydrogens is 356 g/mol. The van der Waals surface area contributed by atoms with Gasteiger partial charge in [0.1, 0.15) is 6.04 Å². The van der Waals surface area contributed by atoms with Crippen molar-refractivity contribution in [2.75, 3.05) is 27.3 Å². The zero-order chi connectivity index (χ0) is 19.9. The fourth-order valence-corrected chi connectivity index (χ4v) is 3.44. The van der Waals surface area contributed by atoms with Crippen molar-refractivity contribution in [2.24, 2.45) is 0 Å². The van der Waals surface area contributed by atoms with Crippen molar-refractivity contribution < 1.29 is 19.1 Å². The third-order valence-electron chi connectivity index (χ3n) is 4.92. The predicted molar refractivity (Wildman–Crippen MR) is 106 cm³/mol. The first-order valence-electron chi connectivity index (χ1n) is 9.46. The molecule has 0 saturated carbocycles. The number of rotatable bonds is 7. The van der Waals surface area contributed by atoms with Crippen molar-refractivity contribution in [1.29, 1.82) is 0 Å². The van der Waals surface area contributed by atoms with Gasteiger partial charge in [0.25, 0.3) is 0 Å². The van der Waals surface area contributed by atoms with Crippen LogP contribution in [0.3, 0.4) is 0 Å². The minimum atomic E-state index is -0.674. The molecule has 0 bridgehead atoms. The Kier molecular flexibility index (Phi) is 6.53. The van der Waals surface area contributed by atoms with Crippen molar-refractivity contribution in [3.63, 3.8) is 0 Å². The lowest BCUT2D eigenvalue weighted by molar-refractivity contribution is -0.135. The highest BCUT2D eigenvalue weighted by Crippen LogP contribution is 2.28. The molecule has 1 N–H and O–H groups in total. The normalized spacial score (nSPS) is 14.4. The Hall–Kier alpha value is -3.02. The summed E-state index contributed by atoms with van der Waals surface area (Å²) >= 11 is 0. The number of amides is 2. The Morgan fingerprint density at radius 3 is 2.32 bits per heavy atom. The number of hydrogen-bond acceptors (Lipinski definition) is 4. The number of nitrogens with zero attached hydrogens (tertiary/aromatic N) is 1. The second-order valence-electron chi connectivity index (χ2n) is 6.81. The van der Waals surface area contributed by atoms with Crippen LogP contribution in [0.2, 0.25) is 0 Å². The summed E-state index contributed by atoms with van der Waals surface area (Å²) in [5, 5.41) is 2.92. The van der Waals surface area contributed by atoms with E-state index >= 15 is 0 Å². The van der Waals surface area contributed by atoms with Gasteiger partial charge in [-0.3, -0.25) is 9.59 Å². The van der Waals surface area contributed by atoms with Crippen molar-refractivity contribution >= 4 is 11.8 Å². The van der Waals surface area contributed by atoms with Crippen LogP contribution in [0.25, 0.3) is 0 Å². The fraction of sp³-hybridized carbons (Fsp3) is 0.364. The van der Waals surface area contributed by atoms with E-state index in [1.54, 1.807) is 26.4 Å². The van der Waals surface area contributed by atoms with Crippen molar-refractivity contribution in [2.45, 2.75) is 25.3 Å². The quantitative estimate of drug-likeness (QED) is 0.800. The average Bonchev–Trinajstić information content (AvgIpc) is 3.27. The summed E-state index contributed by atoms with van der Waals surface area (Å²) in [4.78, 5) is 27.5. The van der Waals surface area contributed by atoms with Crippen molar-refractivity contribution in [3.8, 4) is 11.5 Å². The van der Waals surface area contributed by atoms with Crippen LogP contribution in [-0.4, -0.2) is 44.0 Å². The monoisotopic (exact) mass is 382 g/mol. The molecule has 0 aromatic heterocycles. The topological polar surface area (TPSA) is 67.9 Å². The maximum Gasteiger partial charge on any atom is 0.249 e. The highest BCUT2D eigenvalue weighted by atomic mass is 16.5. The van der Waals surface area contributed by atoms with E-state index in [2.05, 4.69) is 5.32 Å². The van der Waals surface area contributed by atoms with Gasteiger partial charge in [0.05, 0.1) is 20.6 Å². The van der Waals surface area contributed by atoms with Gasteiger partial charge in [-0.05, 0) is 36.1 Å². The van der Waals surface area contributed by atoms with E-state index in [9.17, 15) is 9.59 Å². The van der Waals surface area contributed by atoms with E-state index in [4.69, 9.17) is 9.47 Å². The third kappa shape index (κ3) is 4.63. The molecule has 3 rings (SSSR count). The maximum absolute atomic E-state index is 13.0. The van der Waals surface area contributed by atoms with Crippen LogP contribution in [0.4, 0.5) is 0 Å². The SMILES string of the molecule is COc1ccc(CC(=O)N[C@H](C(=O)N2CCCC2)c2ccccc2)cc1OC. The first-order chi connectivity index (χ1) is 13.6. The summed E-state index contributed by atoms with van der Waals surface area (Å²) in [5.74, 6) is 0.913. The zero-order valence-corrected chi connectivity index (χ0v) is 16.3. The molecule has 148 valence electrons. The smallest absolute Gasteiger partial charge is 0.249 e. The highest BCUT2D eigenvalue weighted by Gasteiger charge is 2.29. The van der Waals surface area contributed by atoms with Crippen LogP contribution in [0, 0.1) is 0 Å². The van der Waals surface area contributed by atoms with Gasteiger partial charge in [0.15, 0.2) is 11.5 Å². The Balaban J connectivity index is 1.75. The Labute approximate surface area is 165 Å². The Bertz CT molecular complexity index is 817. The van der Waals surface area contributed by atoms with Crippen LogP contribution in [0.1, 0.15) is 30.0 Å².